The molecular formula is C10H9BrF2OS. The maximum atomic E-state index is 13.3. The van der Waals surface area contributed by atoms with Gasteiger partial charge in [0.05, 0.1) is 0 Å². The van der Waals surface area contributed by atoms with Crippen LogP contribution in [-0.4, -0.2) is 15.7 Å². The highest BCUT2D eigenvalue weighted by Crippen LogP contribution is 2.50. The Balaban J connectivity index is 2.55. The maximum absolute atomic E-state index is 13.3. The van der Waals surface area contributed by atoms with Crippen LogP contribution in [0.5, 0.6) is 0 Å². The van der Waals surface area contributed by atoms with Crippen LogP contribution in [0.15, 0.2) is 29.2 Å². The van der Waals surface area contributed by atoms with Crippen LogP contribution in [0.1, 0.15) is 12.0 Å². The first-order chi connectivity index (χ1) is 6.95. The molecule has 1 aliphatic rings. The fourth-order valence-electron chi connectivity index (χ4n) is 1.67. The van der Waals surface area contributed by atoms with E-state index in [1.54, 1.807) is 24.3 Å². The van der Waals surface area contributed by atoms with Crippen molar-refractivity contribution in [2.75, 3.05) is 5.75 Å². The number of hydrogen-bond acceptors (Lipinski definition) is 2. The van der Waals surface area contributed by atoms with Crippen LogP contribution >= 0.6 is 27.7 Å². The van der Waals surface area contributed by atoms with Gasteiger partial charge in [-0.3, -0.25) is 0 Å². The zero-order valence-corrected chi connectivity index (χ0v) is 10.1. The number of aliphatic hydroxyl groups is 1. The topological polar surface area (TPSA) is 20.2 Å². The lowest BCUT2D eigenvalue weighted by Gasteiger charge is -2.37. The van der Waals surface area contributed by atoms with Crippen LogP contribution < -0.4 is 0 Å². The summed E-state index contributed by atoms with van der Waals surface area (Å²) in [6.07, 6.45) is 0.0485. The molecule has 0 aromatic heterocycles. The number of alkyl halides is 3. The number of benzene rings is 1. The van der Waals surface area contributed by atoms with Crippen molar-refractivity contribution < 1.29 is 13.9 Å². The highest BCUT2D eigenvalue weighted by molar-refractivity contribution is 9.10. The van der Waals surface area contributed by atoms with E-state index in [1.165, 1.54) is 11.8 Å². The molecule has 15 heavy (non-hydrogen) atoms. The Kier molecular flexibility index (Phi) is 2.81. The largest absolute Gasteiger partial charge is 0.378 e. The molecule has 0 bridgehead atoms. The standard InChI is InChI=1S/C10H9BrF2OS/c11-10(12,13)9(14)5-6-15-8-4-2-1-3-7(8)9/h1-4,14H,5-6H2. The van der Waals surface area contributed by atoms with Gasteiger partial charge in [0.25, 0.3) is 0 Å². The van der Waals surface area contributed by atoms with Crippen molar-refractivity contribution in [1.82, 2.24) is 0 Å². The lowest BCUT2D eigenvalue weighted by Crippen LogP contribution is -2.43. The summed E-state index contributed by atoms with van der Waals surface area (Å²) in [5.41, 5.74) is -1.78. The van der Waals surface area contributed by atoms with Crippen molar-refractivity contribution in [2.45, 2.75) is 21.7 Å². The summed E-state index contributed by atoms with van der Waals surface area (Å²) < 4.78 is 26.7. The summed E-state index contributed by atoms with van der Waals surface area (Å²) in [5, 5.41) is 10.0. The average molecular weight is 295 g/mol. The molecule has 1 aliphatic heterocycles. The van der Waals surface area contributed by atoms with E-state index in [0.717, 1.165) is 4.90 Å². The molecule has 82 valence electrons. The number of fused-ring (bicyclic) bond motifs is 1. The molecule has 5 heteroatoms. The molecule has 0 spiro atoms. The Morgan fingerprint density at radius 2 is 2.07 bits per heavy atom. The van der Waals surface area contributed by atoms with Gasteiger partial charge in [-0.25, -0.2) is 0 Å². The molecular weight excluding hydrogens is 286 g/mol. The molecule has 1 unspecified atom stereocenters. The first-order valence-corrected chi connectivity index (χ1v) is 6.24. The highest BCUT2D eigenvalue weighted by Gasteiger charge is 2.53. The van der Waals surface area contributed by atoms with E-state index < -0.39 is 10.4 Å². The van der Waals surface area contributed by atoms with Gasteiger partial charge in [-0.1, -0.05) is 18.2 Å². The second-order valence-electron chi connectivity index (χ2n) is 3.45. The van der Waals surface area contributed by atoms with Gasteiger partial charge in [0, 0.05) is 16.2 Å². The van der Waals surface area contributed by atoms with Gasteiger partial charge in [0.2, 0.25) is 0 Å². The van der Waals surface area contributed by atoms with Crippen LogP contribution in [0, 0.1) is 0 Å². The lowest BCUT2D eigenvalue weighted by molar-refractivity contribution is -0.125. The SMILES string of the molecule is OC1(C(F)(F)Br)CCSc2ccccc21. The number of rotatable bonds is 1. The molecule has 1 heterocycles. The predicted molar refractivity (Wildman–Crippen MR) is 59.6 cm³/mol. The minimum atomic E-state index is -3.29. The van der Waals surface area contributed by atoms with Crippen LogP contribution in [0.2, 0.25) is 0 Å². The van der Waals surface area contributed by atoms with Gasteiger partial charge in [-0.05, 0) is 28.4 Å². The van der Waals surface area contributed by atoms with Crippen molar-refractivity contribution in [1.29, 1.82) is 0 Å². The normalized spacial score (nSPS) is 26.1. The van der Waals surface area contributed by atoms with E-state index >= 15 is 0 Å². The second kappa shape index (κ2) is 3.71. The van der Waals surface area contributed by atoms with E-state index in [9.17, 15) is 13.9 Å². The molecule has 0 radical (unpaired) electrons. The molecule has 0 aliphatic carbocycles. The fourth-order valence-corrected chi connectivity index (χ4v) is 3.27. The molecule has 1 aromatic carbocycles. The molecule has 2 rings (SSSR count). The minimum absolute atomic E-state index is 0.0485. The quantitative estimate of drug-likeness (QED) is 0.802. The Hall–Kier alpha value is -0.130. The monoisotopic (exact) mass is 294 g/mol. The van der Waals surface area contributed by atoms with Crippen molar-refractivity contribution in [3.8, 4) is 0 Å². The average Bonchev–Trinajstić information content (AvgIpc) is 2.17. The molecule has 1 aromatic rings. The van der Waals surface area contributed by atoms with Gasteiger partial charge >= 0.3 is 4.83 Å². The molecule has 0 fully saturated rings. The molecule has 1 atom stereocenters. The van der Waals surface area contributed by atoms with Crippen LogP contribution in [0.3, 0.4) is 0 Å². The fraction of sp³-hybridized carbons (Fsp3) is 0.400. The van der Waals surface area contributed by atoms with Crippen LogP contribution in [0.25, 0.3) is 0 Å². The second-order valence-corrected chi connectivity index (χ2v) is 5.59. The molecule has 0 saturated heterocycles. The lowest BCUT2D eigenvalue weighted by atomic mass is 9.91. The Morgan fingerprint density at radius 1 is 1.40 bits per heavy atom. The zero-order chi connectivity index (χ0) is 11.1. The van der Waals surface area contributed by atoms with Crippen LogP contribution in [0.4, 0.5) is 8.78 Å². The first kappa shape index (κ1) is 11.4. The first-order valence-electron chi connectivity index (χ1n) is 4.46. The number of hydrogen-bond donors (Lipinski definition) is 1. The Labute approximate surface area is 99.0 Å². The summed E-state index contributed by atoms with van der Waals surface area (Å²) in [6.45, 7) is 0. The smallest absolute Gasteiger partial charge is 0.333 e. The minimum Gasteiger partial charge on any atom is -0.378 e. The molecule has 1 nitrogen and oxygen atoms in total. The third-order valence-electron chi connectivity index (χ3n) is 2.52. The summed E-state index contributed by atoms with van der Waals surface area (Å²) >= 11 is 3.77. The van der Waals surface area contributed by atoms with Gasteiger partial charge < -0.3 is 5.11 Å². The summed E-state index contributed by atoms with van der Waals surface area (Å²) in [6, 6.07) is 6.75. The van der Waals surface area contributed by atoms with E-state index in [-0.39, 0.29) is 6.42 Å². The molecule has 1 N–H and O–H groups in total. The maximum Gasteiger partial charge on any atom is 0.333 e. The van der Waals surface area contributed by atoms with Crippen molar-refractivity contribution in [3.63, 3.8) is 0 Å². The van der Waals surface area contributed by atoms with Gasteiger partial charge in [-0.2, -0.15) is 8.78 Å². The van der Waals surface area contributed by atoms with Crippen molar-refractivity contribution in [3.05, 3.63) is 29.8 Å². The van der Waals surface area contributed by atoms with Gasteiger partial charge in [0.1, 0.15) is 0 Å². The predicted octanol–water partition coefficient (Wildman–Crippen LogP) is 3.36. The van der Waals surface area contributed by atoms with E-state index in [1.807, 2.05) is 0 Å². The zero-order valence-electron chi connectivity index (χ0n) is 7.71. The Morgan fingerprint density at radius 3 is 2.73 bits per heavy atom. The summed E-state index contributed by atoms with van der Waals surface area (Å²) in [4.78, 5) is -2.57. The summed E-state index contributed by atoms with van der Waals surface area (Å²) in [5.74, 6) is 0.495. The molecule has 0 saturated carbocycles. The van der Waals surface area contributed by atoms with E-state index in [2.05, 4.69) is 15.9 Å². The molecule has 0 amide bonds. The van der Waals surface area contributed by atoms with Gasteiger partial charge in [0.15, 0.2) is 5.60 Å². The van der Waals surface area contributed by atoms with Crippen molar-refractivity contribution >= 4 is 27.7 Å². The summed E-state index contributed by atoms with van der Waals surface area (Å²) in [7, 11) is 0. The van der Waals surface area contributed by atoms with E-state index in [4.69, 9.17) is 0 Å². The van der Waals surface area contributed by atoms with Crippen LogP contribution in [-0.2, 0) is 5.60 Å². The van der Waals surface area contributed by atoms with Gasteiger partial charge in [-0.15, -0.1) is 11.8 Å². The third-order valence-corrected chi connectivity index (χ3v) is 4.25. The third kappa shape index (κ3) is 1.81. The number of thioether (sulfide) groups is 1. The number of halogens is 3. The van der Waals surface area contributed by atoms with E-state index in [0.29, 0.717) is 11.3 Å². The van der Waals surface area contributed by atoms with Crippen molar-refractivity contribution in [2.24, 2.45) is 0 Å². The Bertz CT molecular complexity index is 380. The highest BCUT2D eigenvalue weighted by atomic mass is 79.9.